The number of benzene rings is 1. The van der Waals surface area contributed by atoms with Crippen molar-refractivity contribution < 1.29 is 9.50 Å². The third-order valence-corrected chi connectivity index (χ3v) is 5.17. The molecule has 1 aliphatic rings. The van der Waals surface area contributed by atoms with Gasteiger partial charge in [0.25, 0.3) is 0 Å². The topological polar surface area (TPSA) is 35.5 Å². The van der Waals surface area contributed by atoms with Gasteiger partial charge in [0.1, 0.15) is 5.82 Å². The van der Waals surface area contributed by atoms with E-state index in [1.165, 1.54) is 6.07 Å². The van der Waals surface area contributed by atoms with E-state index in [1.807, 2.05) is 12.1 Å². The molecule has 0 bridgehead atoms. The number of aliphatic hydroxyl groups excluding tert-OH is 1. The molecule has 0 aliphatic carbocycles. The van der Waals surface area contributed by atoms with Gasteiger partial charge in [0, 0.05) is 30.9 Å². The van der Waals surface area contributed by atoms with Gasteiger partial charge in [-0.2, -0.15) is 0 Å². The number of halogens is 1. The monoisotopic (exact) mass is 334 g/mol. The molecule has 1 aromatic rings. The van der Waals surface area contributed by atoms with Crippen LogP contribution in [-0.4, -0.2) is 30.3 Å². The maximum atomic E-state index is 13.9. The molecule has 0 radical (unpaired) electrons. The fourth-order valence-corrected chi connectivity index (χ4v) is 3.38. The highest BCUT2D eigenvalue weighted by Gasteiger charge is 2.23. The highest BCUT2D eigenvalue weighted by atomic mass is 19.1. The summed E-state index contributed by atoms with van der Waals surface area (Å²) in [5.74, 6) is 0.276. The quantitative estimate of drug-likeness (QED) is 0.739. The predicted octanol–water partition coefficient (Wildman–Crippen LogP) is 4.04. The van der Waals surface area contributed by atoms with Crippen LogP contribution in [-0.2, 0) is 0 Å². The van der Waals surface area contributed by atoms with Crippen LogP contribution in [0.2, 0.25) is 0 Å². The second kappa shape index (κ2) is 8.63. The molecule has 1 aromatic carbocycles. The van der Waals surface area contributed by atoms with Crippen LogP contribution in [0, 0.1) is 11.7 Å². The summed E-state index contributed by atoms with van der Waals surface area (Å²) in [6.07, 6.45) is 4.23. The first-order chi connectivity index (χ1) is 11.4. The molecule has 24 heavy (non-hydrogen) atoms. The first-order valence-corrected chi connectivity index (χ1v) is 9.01. The van der Waals surface area contributed by atoms with Gasteiger partial charge in [-0.15, -0.1) is 6.58 Å². The SMILES string of the molecule is C=CCC(C)C(C)NC(C)c1cc(F)ccc1N1CCC(O)CC1. The van der Waals surface area contributed by atoms with Gasteiger partial charge in [-0.25, -0.2) is 4.39 Å². The van der Waals surface area contributed by atoms with E-state index in [1.54, 1.807) is 6.07 Å². The van der Waals surface area contributed by atoms with E-state index in [-0.39, 0.29) is 18.0 Å². The van der Waals surface area contributed by atoms with Crippen molar-refractivity contribution >= 4 is 5.69 Å². The molecule has 1 aliphatic heterocycles. The van der Waals surface area contributed by atoms with Crippen LogP contribution in [0.4, 0.5) is 10.1 Å². The van der Waals surface area contributed by atoms with E-state index < -0.39 is 0 Å². The molecule has 0 aromatic heterocycles. The Morgan fingerprint density at radius 2 is 2.00 bits per heavy atom. The number of anilines is 1. The Hall–Kier alpha value is -1.39. The summed E-state index contributed by atoms with van der Waals surface area (Å²) in [5.41, 5.74) is 2.07. The number of hydrogen-bond donors (Lipinski definition) is 2. The van der Waals surface area contributed by atoms with Gasteiger partial charge in [-0.3, -0.25) is 0 Å². The maximum Gasteiger partial charge on any atom is 0.123 e. The lowest BCUT2D eigenvalue weighted by Gasteiger charge is -2.35. The van der Waals surface area contributed by atoms with Crippen LogP contribution in [0.3, 0.4) is 0 Å². The highest BCUT2D eigenvalue weighted by molar-refractivity contribution is 5.55. The molecule has 3 nitrogen and oxygen atoms in total. The van der Waals surface area contributed by atoms with Crippen molar-refractivity contribution in [3.8, 4) is 0 Å². The van der Waals surface area contributed by atoms with Crippen molar-refractivity contribution in [2.75, 3.05) is 18.0 Å². The minimum Gasteiger partial charge on any atom is -0.393 e. The Morgan fingerprint density at radius 3 is 2.62 bits per heavy atom. The van der Waals surface area contributed by atoms with Gasteiger partial charge in [-0.05, 0) is 62.8 Å². The maximum absolute atomic E-state index is 13.9. The number of rotatable bonds is 7. The summed E-state index contributed by atoms with van der Waals surface area (Å²) in [6, 6.07) is 5.42. The smallest absolute Gasteiger partial charge is 0.123 e. The standard InChI is InChI=1S/C20H31FN2O/c1-5-6-14(2)15(3)22-16(4)19-13-17(21)7-8-20(19)23-11-9-18(24)10-12-23/h5,7-8,13-16,18,22,24H,1,6,9-12H2,2-4H3. The fraction of sp³-hybridized carbons (Fsp3) is 0.600. The van der Waals surface area contributed by atoms with E-state index in [9.17, 15) is 9.50 Å². The van der Waals surface area contributed by atoms with E-state index in [4.69, 9.17) is 0 Å². The highest BCUT2D eigenvalue weighted by Crippen LogP contribution is 2.30. The number of hydrogen-bond acceptors (Lipinski definition) is 3. The molecular weight excluding hydrogens is 303 g/mol. The first kappa shape index (κ1) is 18.9. The van der Waals surface area contributed by atoms with Crippen LogP contribution < -0.4 is 10.2 Å². The molecular formula is C20H31FN2O. The van der Waals surface area contributed by atoms with Gasteiger partial charge in [0.15, 0.2) is 0 Å². The zero-order chi connectivity index (χ0) is 17.7. The van der Waals surface area contributed by atoms with Crippen LogP contribution >= 0.6 is 0 Å². The lowest BCUT2D eigenvalue weighted by atomic mass is 9.96. The minimum absolute atomic E-state index is 0.0600. The summed E-state index contributed by atoms with van der Waals surface area (Å²) in [4.78, 5) is 2.26. The van der Waals surface area contributed by atoms with Crippen molar-refractivity contribution in [3.05, 3.63) is 42.2 Å². The first-order valence-electron chi connectivity index (χ1n) is 9.01. The van der Waals surface area contributed by atoms with Gasteiger partial charge < -0.3 is 15.3 Å². The second-order valence-electron chi connectivity index (χ2n) is 7.10. The Balaban J connectivity index is 2.15. The third-order valence-electron chi connectivity index (χ3n) is 5.17. The number of aliphatic hydroxyl groups is 1. The van der Waals surface area contributed by atoms with Crippen LogP contribution in [0.1, 0.15) is 51.6 Å². The average Bonchev–Trinajstić information content (AvgIpc) is 2.56. The Kier molecular flexibility index (Phi) is 6.81. The van der Waals surface area contributed by atoms with Crippen molar-refractivity contribution in [2.24, 2.45) is 5.92 Å². The summed E-state index contributed by atoms with van der Waals surface area (Å²) >= 11 is 0. The zero-order valence-corrected chi connectivity index (χ0v) is 15.1. The van der Waals surface area contributed by atoms with Gasteiger partial charge in [0.2, 0.25) is 0 Å². The lowest BCUT2D eigenvalue weighted by molar-refractivity contribution is 0.145. The van der Waals surface area contributed by atoms with Crippen LogP contribution in [0.15, 0.2) is 30.9 Å². The van der Waals surface area contributed by atoms with E-state index in [2.05, 4.69) is 37.6 Å². The predicted molar refractivity (Wildman–Crippen MR) is 98.8 cm³/mol. The normalized spacial score (nSPS) is 19.8. The van der Waals surface area contributed by atoms with Crippen molar-refractivity contribution in [2.45, 2.75) is 58.2 Å². The van der Waals surface area contributed by atoms with Gasteiger partial charge in [-0.1, -0.05) is 13.0 Å². The van der Waals surface area contributed by atoms with E-state index >= 15 is 0 Å². The molecule has 2 N–H and O–H groups in total. The molecule has 0 spiro atoms. The number of nitrogens with one attached hydrogen (secondary N) is 1. The molecule has 0 amide bonds. The molecule has 1 fully saturated rings. The van der Waals surface area contributed by atoms with Gasteiger partial charge in [0.05, 0.1) is 6.10 Å². The van der Waals surface area contributed by atoms with Crippen molar-refractivity contribution in [1.29, 1.82) is 0 Å². The summed E-state index contributed by atoms with van der Waals surface area (Å²) in [6.45, 7) is 11.9. The van der Waals surface area contributed by atoms with E-state index in [0.717, 1.165) is 43.6 Å². The van der Waals surface area contributed by atoms with Crippen LogP contribution in [0.5, 0.6) is 0 Å². The molecule has 4 heteroatoms. The summed E-state index contributed by atoms with van der Waals surface area (Å²) < 4.78 is 13.9. The third kappa shape index (κ3) is 4.81. The largest absolute Gasteiger partial charge is 0.393 e. The molecule has 0 saturated carbocycles. The van der Waals surface area contributed by atoms with Gasteiger partial charge >= 0.3 is 0 Å². The molecule has 134 valence electrons. The van der Waals surface area contributed by atoms with Crippen molar-refractivity contribution in [1.82, 2.24) is 5.32 Å². The molecule has 1 heterocycles. The number of allylic oxidation sites excluding steroid dienone is 1. The zero-order valence-electron chi connectivity index (χ0n) is 15.1. The fourth-order valence-electron chi connectivity index (χ4n) is 3.38. The molecule has 3 unspecified atom stereocenters. The Labute approximate surface area is 145 Å². The number of nitrogens with zero attached hydrogens (tertiary/aromatic N) is 1. The summed E-state index contributed by atoms with van der Waals surface area (Å²) in [7, 11) is 0. The average molecular weight is 334 g/mol. The number of piperidine rings is 1. The van der Waals surface area contributed by atoms with Crippen molar-refractivity contribution in [3.63, 3.8) is 0 Å². The molecule has 2 rings (SSSR count). The minimum atomic E-state index is -0.208. The second-order valence-corrected chi connectivity index (χ2v) is 7.10. The molecule has 3 atom stereocenters. The summed E-state index contributed by atoms with van der Waals surface area (Å²) in [5, 5.41) is 13.3. The Bertz CT molecular complexity index is 540. The lowest BCUT2D eigenvalue weighted by Crippen LogP contribution is -2.38. The van der Waals surface area contributed by atoms with Crippen LogP contribution in [0.25, 0.3) is 0 Å². The Morgan fingerprint density at radius 1 is 1.33 bits per heavy atom. The van der Waals surface area contributed by atoms with E-state index in [0.29, 0.717) is 12.0 Å². The molecule has 1 saturated heterocycles.